The van der Waals surface area contributed by atoms with Gasteiger partial charge in [0.1, 0.15) is 0 Å². The number of halogens is 18. The SMILES string of the molecule is C.CPOCCO[SiH](C)CCC[SiH](C)O[SiH](C)C(CCC(F)(F)C(F)(F)C(F)(F)C(F)(F)F)CC(F)(F)C(F)(F)C(F)(F)C(F)(F)F. The van der Waals surface area contributed by atoms with Gasteiger partial charge in [-0.3, -0.25) is 0 Å². The maximum Gasteiger partial charge on any atom is 0.460 e. The second kappa shape index (κ2) is 17.8. The highest BCUT2D eigenvalue weighted by atomic mass is 31.1. The van der Waals surface area contributed by atoms with Crippen LogP contribution in [0.25, 0.3) is 0 Å². The predicted molar refractivity (Wildman–Crippen MR) is 147 cm³/mol. The molecule has 0 N–H and O–H groups in total. The van der Waals surface area contributed by atoms with Gasteiger partial charge in [-0.25, -0.2) is 0 Å². The first-order chi connectivity index (χ1) is 20.3. The molecule has 5 atom stereocenters. The Kier molecular flexibility index (Phi) is 18.4. The molecule has 0 heterocycles. The van der Waals surface area contributed by atoms with Crippen molar-refractivity contribution in [2.75, 3.05) is 19.9 Å². The largest absolute Gasteiger partial charge is 0.460 e. The highest BCUT2D eigenvalue weighted by Gasteiger charge is 2.83. The summed E-state index contributed by atoms with van der Waals surface area (Å²) in [6.45, 7) is 6.36. The third-order valence-corrected chi connectivity index (χ3v) is 16.0. The molecule has 0 aromatic heterocycles. The fraction of sp³-hybridized carbons (Fsp3) is 1.00. The van der Waals surface area contributed by atoms with E-state index in [4.69, 9.17) is 13.1 Å². The molecular formula is C22H37F18O3PSi3. The van der Waals surface area contributed by atoms with E-state index in [1.54, 1.807) is 13.2 Å². The van der Waals surface area contributed by atoms with Gasteiger partial charge in [0.15, 0.2) is 27.1 Å². The average molecular weight is 807 g/mol. The zero-order chi connectivity index (χ0) is 36.8. The van der Waals surface area contributed by atoms with Crippen LogP contribution in [0.2, 0.25) is 37.3 Å². The molecule has 0 spiro atoms. The summed E-state index contributed by atoms with van der Waals surface area (Å²) in [5.41, 5.74) is -2.60. The van der Waals surface area contributed by atoms with Crippen LogP contribution in [-0.4, -0.2) is 94.9 Å². The van der Waals surface area contributed by atoms with Crippen LogP contribution in [0, 0.1) is 0 Å². The topological polar surface area (TPSA) is 27.7 Å². The maximum atomic E-state index is 14.4. The third kappa shape index (κ3) is 12.2. The lowest BCUT2D eigenvalue weighted by atomic mass is 9.94. The monoisotopic (exact) mass is 806 g/mol. The lowest BCUT2D eigenvalue weighted by Gasteiger charge is -2.37. The average Bonchev–Trinajstić information content (AvgIpc) is 2.87. The van der Waals surface area contributed by atoms with Crippen molar-refractivity contribution in [3.63, 3.8) is 0 Å². The first-order valence-electron chi connectivity index (χ1n) is 13.3. The van der Waals surface area contributed by atoms with Crippen LogP contribution in [0.15, 0.2) is 0 Å². The molecule has 0 saturated heterocycles. The van der Waals surface area contributed by atoms with E-state index in [1.165, 1.54) is 6.55 Å². The van der Waals surface area contributed by atoms with E-state index in [1.807, 2.05) is 0 Å². The maximum absolute atomic E-state index is 14.4. The predicted octanol–water partition coefficient (Wildman–Crippen LogP) is 9.82. The summed E-state index contributed by atoms with van der Waals surface area (Å²) in [7, 11) is -7.88. The molecule has 47 heavy (non-hydrogen) atoms. The lowest BCUT2D eigenvalue weighted by molar-refractivity contribution is -0.398. The highest BCUT2D eigenvalue weighted by Crippen LogP contribution is 2.57. The molecule has 0 rings (SSSR count). The fourth-order valence-electron chi connectivity index (χ4n) is 4.01. The van der Waals surface area contributed by atoms with Gasteiger partial charge in [0.2, 0.25) is 0 Å². The van der Waals surface area contributed by atoms with Gasteiger partial charge >= 0.3 is 47.9 Å². The Morgan fingerprint density at radius 3 is 1.45 bits per heavy atom. The van der Waals surface area contributed by atoms with Crippen molar-refractivity contribution in [3.8, 4) is 0 Å². The molecule has 25 heteroatoms. The van der Waals surface area contributed by atoms with Crippen molar-refractivity contribution in [2.24, 2.45) is 0 Å². The first kappa shape index (κ1) is 48.8. The quantitative estimate of drug-likeness (QED) is 0.0501. The molecule has 0 aliphatic rings. The van der Waals surface area contributed by atoms with Crippen molar-refractivity contribution >= 4 is 35.9 Å². The number of hydrogen-bond acceptors (Lipinski definition) is 3. The molecule has 0 aliphatic heterocycles. The van der Waals surface area contributed by atoms with E-state index in [-0.39, 0.29) is 28.9 Å². The minimum Gasteiger partial charge on any atom is -0.460 e. The van der Waals surface area contributed by atoms with E-state index >= 15 is 0 Å². The molecule has 0 saturated carbocycles. The van der Waals surface area contributed by atoms with Crippen LogP contribution in [0.4, 0.5) is 79.0 Å². The van der Waals surface area contributed by atoms with Gasteiger partial charge in [-0.05, 0) is 50.4 Å². The summed E-state index contributed by atoms with van der Waals surface area (Å²) in [4.78, 5) is 0. The van der Waals surface area contributed by atoms with Gasteiger partial charge in [-0.1, -0.05) is 13.8 Å². The Morgan fingerprint density at radius 1 is 0.596 bits per heavy atom. The third-order valence-electron chi connectivity index (χ3n) is 6.83. The molecule has 0 aliphatic carbocycles. The Morgan fingerprint density at radius 2 is 1.02 bits per heavy atom. The minimum atomic E-state index is -7.39. The van der Waals surface area contributed by atoms with Gasteiger partial charge in [0.25, 0.3) is 0 Å². The number of rotatable bonds is 21. The Labute approximate surface area is 266 Å². The Bertz CT molecular complexity index is 924. The summed E-state index contributed by atoms with van der Waals surface area (Å²) in [5, 5.41) is 0. The van der Waals surface area contributed by atoms with Crippen molar-refractivity contribution in [2.45, 2.75) is 118 Å². The van der Waals surface area contributed by atoms with Crippen LogP contribution in [0.1, 0.15) is 33.1 Å². The van der Waals surface area contributed by atoms with Crippen LogP contribution in [0.5, 0.6) is 0 Å². The van der Waals surface area contributed by atoms with Crippen molar-refractivity contribution in [1.82, 2.24) is 0 Å². The molecule has 0 fully saturated rings. The lowest BCUT2D eigenvalue weighted by Crippen LogP contribution is -2.61. The van der Waals surface area contributed by atoms with Crippen molar-refractivity contribution in [3.05, 3.63) is 0 Å². The Hall–Kier alpha value is -0.299. The van der Waals surface area contributed by atoms with Gasteiger partial charge in [-0.2, -0.15) is 79.0 Å². The molecule has 5 unspecified atom stereocenters. The van der Waals surface area contributed by atoms with Crippen molar-refractivity contribution in [1.29, 1.82) is 0 Å². The van der Waals surface area contributed by atoms with E-state index in [0.29, 0.717) is 19.1 Å². The second-order valence-corrected chi connectivity index (χ2v) is 19.4. The summed E-state index contributed by atoms with van der Waals surface area (Å²) in [5.74, 6) is -41.9. The Balaban J connectivity index is 0. The molecule has 0 amide bonds. The smallest absolute Gasteiger partial charge is 0.460 e. The summed E-state index contributed by atoms with van der Waals surface area (Å²) in [6.07, 6.45) is -21.7. The highest BCUT2D eigenvalue weighted by molar-refractivity contribution is 7.31. The molecule has 0 aromatic rings. The first-order valence-corrected chi connectivity index (χ1v) is 21.9. The van der Waals surface area contributed by atoms with E-state index in [9.17, 15) is 79.0 Å². The van der Waals surface area contributed by atoms with Gasteiger partial charge in [-0.15, -0.1) is 0 Å². The zero-order valence-electron chi connectivity index (χ0n) is 24.5. The summed E-state index contributed by atoms with van der Waals surface area (Å²) in [6, 6.07) is 0.683. The molecule has 0 radical (unpaired) electrons. The number of alkyl halides is 18. The van der Waals surface area contributed by atoms with Gasteiger partial charge in [0.05, 0.1) is 13.2 Å². The zero-order valence-corrected chi connectivity index (χ0v) is 29.0. The molecule has 0 bridgehead atoms. The molecule has 3 nitrogen and oxygen atoms in total. The van der Waals surface area contributed by atoms with Gasteiger partial charge < -0.3 is 13.1 Å². The van der Waals surface area contributed by atoms with Crippen LogP contribution in [-0.2, 0) is 13.1 Å². The molecular weight excluding hydrogens is 769 g/mol. The van der Waals surface area contributed by atoms with Gasteiger partial charge in [0, 0.05) is 21.6 Å². The van der Waals surface area contributed by atoms with E-state index in [0.717, 1.165) is 6.55 Å². The van der Waals surface area contributed by atoms with Crippen LogP contribution in [0.3, 0.4) is 0 Å². The van der Waals surface area contributed by atoms with E-state index in [2.05, 4.69) is 0 Å². The normalized spacial score (nSPS) is 17.5. The minimum absolute atomic E-state index is 0. The van der Waals surface area contributed by atoms with E-state index < -0.39 is 99.8 Å². The second-order valence-electron chi connectivity index (χ2n) is 10.5. The van der Waals surface area contributed by atoms with Crippen LogP contribution < -0.4 is 0 Å². The van der Waals surface area contributed by atoms with Crippen molar-refractivity contribution < 1.29 is 92.1 Å². The standard InChI is InChI=1S/C21H33F18O3PSi3.CH4/c1-43-40-8-9-41-44(2)10-5-11-45(3)42-46(4)13(12-15(24,25)17(28,29)19(32,33)21(37,38)39)6-7-14(22,23)16(26,27)18(30,31)20(34,35)36;/h13,43-46H,5-12H2,1-4H3;1H4. The summed E-state index contributed by atoms with van der Waals surface area (Å²) >= 11 is 0. The summed E-state index contributed by atoms with van der Waals surface area (Å²) < 4.78 is 257. The molecule has 0 aromatic carbocycles. The van der Waals surface area contributed by atoms with Crippen LogP contribution >= 0.6 is 8.81 Å². The molecule has 286 valence electrons. The number of hydrogen-bond donors (Lipinski definition) is 0. The fourth-order valence-corrected chi connectivity index (χ4v) is 12.7.